The van der Waals surface area contributed by atoms with Gasteiger partial charge >= 0.3 is 0 Å². The van der Waals surface area contributed by atoms with Crippen molar-refractivity contribution in [3.05, 3.63) is 65.8 Å². The second-order valence-corrected chi connectivity index (χ2v) is 12.6. The number of fused-ring (bicyclic) bond motifs is 1. The molecule has 4 aromatic rings. The summed E-state index contributed by atoms with van der Waals surface area (Å²) in [6.07, 6.45) is 2.14. The van der Waals surface area contributed by atoms with Gasteiger partial charge < -0.3 is 5.32 Å². The van der Waals surface area contributed by atoms with Gasteiger partial charge in [0.05, 0.1) is 15.5 Å². The number of carbonyl (C=O) groups excluding carboxylic acids is 1. The SMILES string of the molecule is CCC(Sc1ncnc2sc(C)c(-c3ccccc3)c12)C(=O)Nc1ccc(S(=O)(=O)N(C)C)cc1. The number of aromatic nitrogens is 2. The Morgan fingerprint density at radius 3 is 2.40 bits per heavy atom. The Hall–Kier alpha value is -2.79. The Kier molecular flexibility index (Phi) is 7.56. The highest BCUT2D eigenvalue weighted by Gasteiger charge is 2.24. The molecule has 0 saturated heterocycles. The molecule has 1 unspecified atom stereocenters. The van der Waals surface area contributed by atoms with Gasteiger partial charge in [0.15, 0.2) is 0 Å². The Balaban J connectivity index is 1.59. The molecule has 0 aliphatic heterocycles. The molecule has 0 aliphatic rings. The van der Waals surface area contributed by atoms with Crippen molar-refractivity contribution < 1.29 is 13.2 Å². The molecule has 0 fully saturated rings. The van der Waals surface area contributed by atoms with Gasteiger partial charge in [-0.3, -0.25) is 4.79 Å². The molecule has 1 amide bonds. The van der Waals surface area contributed by atoms with E-state index in [-0.39, 0.29) is 16.1 Å². The minimum atomic E-state index is -3.53. The Morgan fingerprint density at radius 2 is 1.77 bits per heavy atom. The third-order valence-electron chi connectivity index (χ3n) is 5.51. The Labute approximate surface area is 213 Å². The van der Waals surface area contributed by atoms with Gasteiger partial charge in [0, 0.05) is 30.2 Å². The average molecular weight is 527 g/mol. The van der Waals surface area contributed by atoms with Crippen LogP contribution in [0, 0.1) is 6.92 Å². The fourth-order valence-corrected chi connectivity index (χ4v) is 6.67. The molecule has 35 heavy (non-hydrogen) atoms. The number of amides is 1. The summed E-state index contributed by atoms with van der Waals surface area (Å²) in [6.45, 7) is 4.03. The van der Waals surface area contributed by atoms with Crippen LogP contribution in [-0.2, 0) is 14.8 Å². The highest BCUT2D eigenvalue weighted by molar-refractivity contribution is 8.00. The smallest absolute Gasteiger partial charge is 0.242 e. The van der Waals surface area contributed by atoms with Crippen molar-refractivity contribution in [1.29, 1.82) is 0 Å². The van der Waals surface area contributed by atoms with Gasteiger partial charge in [-0.25, -0.2) is 22.7 Å². The summed E-state index contributed by atoms with van der Waals surface area (Å²) >= 11 is 3.04. The lowest BCUT2D eigenvalue weighted by molar-refractivity contribution is -0.115. The minimum absolute atomic E-state index is 0.166. The zero-order chi connectivity index (χ0) is 25.2. The summed E-state index contributed by atoms with van der Waals surface area (Å²) in [4.78, 5) is 24.4. The second-order valence-electron chi connectivity index (χ2n) is 8.07. The van der Waals surface area contributed by atoms with Gasteiger partial charge in [-0.15, -0.1) is 11.3 Å². The van der Waals surface area contributed by atoms with Crippen LogP contribution < -0.4 is 5.32 Å². The molecule has 1 atom stereocenters. The zero-order valence-electron chi connectivity index (χ0n) is 19.8. The number of thioether (sulfide) groups is 1. The van der Waals surface area contributed by atoms with Gasteiger partial charge in [0.25, 0.3) is 0 Å². The maximum atomic E-state index is 13.1. The number of nitrogens with zero attached hydrogens (tertiary/aromatic N) is 3. The van der Waals surface area contributed by atoms with Crippen LogP contribution in [0.3, 0.4) is 0 Å². The molecule has 2 aromatic heterocycles. The highest BCUT2D eigenvalue weighted by atomic mass is 32.2. The van der Waals surface area contributed by atoms with Gasteiger partial charge in [0.2, 0.25) is 15.9 Å². The number of anilines is 1. The van der Waals surface area contributed by atoms with Crippen molar-refractivity contribution in [2.75, 3.05) is 19.4 Å². The largest absolute Gasteiger partial charge is 0.325 e. The first-order valence-electron chi connectivity index (χ1n) is 11.0. The van der Waals surface area contributed by atoms with Crippen LogP contribution in [-0.4, -0.2) is 47.9 Å². The van der Waals surface area contributed by atoms with E-state index in [0.29, 0.717) is 12.1 Å². The topological polar surface area (TPSA) is 92.3 Å². The van der Waals surface area contributed by atoms with Crippen LogP contribution in [0.5, 0.6) is 0 Å². The summed E-state index contributed by atoms with van der Waals surface area (Å²) in [7, 11) is -0.561. The standard InChI is InChI=1S/C25H26N4O3S3/c1-5-20(23(30)28-18-11-13-19(14-12-18)35(31,32)29(3)4)34-25-22-21(17-9-7-6-8-10-17)16(2)33-24(22)26-15-27-25/h6-15,20H,5H2,1-4H3,(H,28,30). The number of hydrogen-bond acceptors (Lipinski definition) is 7. The van der Waals surface area contributed by atoms with E-state index in [1.165, 1.54) is 38.0 Å². The average Bonchev–Trinajstić information content (AvgIpc) is 3.19. The van der Waals surface area contributed by atoms with Gasteiger partial charge in [-0.1, -0.05) is 49.0 Å². The van der Waals surface area contributed by atoms with Gasteiger partial charge in [0.1, 0.15) is 16.2 Å². The molecular weight excluding hydrogens is 501 g/mol. The predicted molar refractivity (Wildman–Crippen MR) is 143 cm³/mol. The fourth-order valence-electron chi connectivity index (χ4n) is 3.66. The van der Waals surface area contributed by atoms with E-state index in [2.05, 4.69) is 34.3 Å². The van der Waals surface area contributed by atoms with E-state index in [1.54, 1.807) is 29.8 Å². The normalized spacial score (nSPS) is 12.7. The van der Waals surface area contributed by atoms with E-state index >= 15 is 0 Å². The molecule has 0 aliphatic carbocycles. The maximum absolute atomic E-state index is 13.1. The van der Waals surface area contributed by atoms with Crippen molar-refractivity contribution in [1.82, 2.24) is 14.3 Å². The minimum Gasteiger partial charge on any atom is -0.325 e. The van der Waals surface area contributed by atoms with Gasteiger partial charge in [-0.05, 0) is 43.2 Å². The predicted octanol–water partition coefficient (Wildman–Crippen LogP) is 5.43. The lowest BCUT2D eigenvalue weighted by atomic mass is 10.0. The van der Waals surface area contributed by atoms with Crippen LogP contribution >= 0.6 is 23.1 Å². The molecule has 0 bridgehead atoms. The van der Waals surface area contributed by atoms with E-state index in [1.807, 2.05) is 25.1 Å². The lowest BCUT2D eigenvalue weighted by Gasteiger charge is -2.16. The molecule has 10 heteroatoms. The van der Waals surface area contributed by atoms with Crippen LogP contribution in [0.1, 0.15) is 18.2 Å². The summed E-state index contributed by atoms with van der Waals surface area (Å²) in [5, 5.41) is 4.26. The van der Waals surface area contributed by atoms with Crippen LogP contribution in [0.15, 0.2) is 70.8 Å². The van der Waals surface area contributed by atoms with Crippen molar-refractivity contribution in [2.45, 2.75) is 35.4 Å². The van der Waals surface area contributed by atoms with Crippen LogP contribution in [0.2, 0.25) is 0 Å². The van der Waals surface area contributed by atoms with Gasteiger partial charge in [-0.2, -0.15) is 0 Å². The van der Waals surface area contributed by atoms with Crippen LogP contribution in [0.25, 0.3) is 21.3 Å². The van der Waals surface area contributed by atoms with E-state index in [0.717, 1.165) is 35.6 Å². The first-order chi connectivity index (χ1) is 16.7. The highest BCUT2D eigenvalue weighted by Crippen LogP contribution is 2.42. The molecule has 4 rings (SSSR count). The summed E-state index contributed by atoms with van der Waals surface area (Å²) in [5.41, 5.74) is 2.73. The first kappa shape index (κ1) is 25.3. The summed E-state index contributed by atoms with van der Waals surface area (Å²) < 4.78 is 25.7. The number of nitrogens with one attached hydrogen (secondary N) is 1. The molecule has 0 saturated carbocycles. The molecule has 7 nitrogen and oxygen atoms in total. The fraction of sp³-hybridized carbons (Fsp3) is 0.240. The van der Waals surface area contributed by atoms with E-state index in [4.69, 9.17) is 0 Å². The quantitative estimate of drug-likeness (QED) is 0.243. The number of carbonyl (C=O) groups is 1. The number of rotatable bonds is 8. The maximum Gasteiger partial charge on any atom is 0.242 e. The molecule has 2 aromatic carbocycles. The van der Waals surface area contributed by atoms with E-state index < -0.39 is 10.0 Å². The first-order valence-corrected chi connectivity index (χ1v) is 14.2. The van der Waals surface area contributed by atoms with E-state index in [9.17, 15) is 13.2 Å². The Bertz CT molecular complexity index is 1450. The lowest BCUT2D eigenvalue weighted by Crippen LogP contribution is -2.25. The molecule has 182 valence electrons. The van der Waals surface area contributed by atoms with Crippen molar-refractivity contribution >= 4 is 54.9 Å². The van der Waals surface area contributed by atoms with Crippen molar-refractivity contribution in [2.24, 2.45) is 0 Å². The zero-order valence-corrected chi connectivity index (χ0v) is 22.3. The molecule has 0 spiro atoms. The third-order valence-corrected chi connectivity index (χ3v) is 9.72. The molecular formula is C25H26N4O3S3. The number of sulfonamides is 1. The monoisotopic (exact) mass is 526 g/mol. The number of benzene rings is 2. The summed E-state index contributed by atoms with van der Waals surface area (Å²) in [6, 6.07) is 16.3. The Morgan fingerprint density at radius 1 is 1.09 bits per heavy atom. The number of thiophene rings is 1. The second kappa shape index (κ2) is 10.4. The van der Waals surface area contributed by atoms with Crippen molar-refractivity contribution in [3.63, 3.8) is 0 Å². The van der Waals surface area contributed by atoms with Crippen molar-refractivity contribution in [3.8, 4) is 11.1 Å². The number of aryl methyl sites for hydroxylation is 1. The molecule has 2 heterocycles. The number of hydrogen-bond donors (Lipinski definition) is 1. The third kappa shape index (κ3) is 5.25. The molecule has 1 N–H and O–H groups in total. The molecule has 0 radical (unpaired) electrons. The van der Waals surface area contributed by atoms with Crippen LogP contribution in [0.4, 0.5) is 5.69 Å². The summed E-state index contributed by atoms with van der Waals surface area (Å²) in [5.74, 6) is -0.166.